The highest BCUT2D eigenvalue weighted by atomic mass is 16.5. The second-order valence-corrected chi connectivity index (χ2v) is 9.75. The number of benzene rings is 2. The smallest absolute Gasteiger partial charge is 0.328 e. The summed E-state index contributed by atoms with van der Waals surface area (Å²) in [7, 11) is 3.44. The molecule has 2 aliphatic heterocycles. The lowest BCUT2D eigenvalue weighted by atomic mass is 9.81. The van der Waals surface area contributed by atoms with Crippen molar-refractivity contribution >= 4 is 28.7 Å². The first-order valence-corrected chi connectivity index (χ1v) is 12.2. The minimum absolute atomic E-state index is 0.0966. The number of imide groups is 1. The number of carbonyl (C=O) groups excluding carboxylic acids is 2. The third-order valence-corrected chi connectivity index (χ3v) is 7.52. The molecule has 37 heavy (non-hydrogen) atoms. The van der Waals surface area contributed by atoms with E-state index in [-0.39, 0.29) is 24.2 Å². The lowest BCUT2D eigenvalue weighted by Gasteiger charge is -2.42. The molecule has 0 unspecified atom stereocenters. The average Bonchev–Trinajstić information content (AvgIpc) is 3.51. The third-order valence-electron chi connectivity index (χ3n) is 7.52. The van der Waals surface area contributed by atoms with Gasteiger partial charge in [-0.2, -0.15) is 5.10 Å². The molecule has 0 bridgehead atoms. The highest BCUT2D eigenvalue weighted by Crippen LogP contribution is 2.49. The molecule has 3 N–H and O–H groups in total. The Morgan fingerprint density at radius 2 is 2.05 bits per heavy atom. The van der Waals surface area contributed by atoms with Gasteiger partial charge in [-0.3, -0.25) is 19.3 Å². The predicted octanol–water partition coefficient (Wildman–Crippen LogP) is 3.40. The quantitative estimate of drug-likeness (QED) is 0.350. The number of aromatic nitrogens is 3. The Bertz CT molecular complexity index is 1540. The molecule has 4 aromatic rings. The largest absolute Gasteiger partial charge is 0.508 e. The highest BCUT2D eigenvalue weighted by Gasteiger charge is 2.60. The van der Waals surface area contributed by atoms with Gasteiger partial charge in [0.25, 0.3) is 5.91 Å². The molecule has 10 heteroatoms. The number of phenols is 1. The minimum atomic E-state index is -1.09. The van der Waals surface area contributed by atoms with Crippen LogP contribution in [0.5, 0.6) is 11.5 Å². The van der Waals surface area contributed by atoms with Gasteiger partial charge in [0, 0.05) is 49.2 Å². The van der Waals surface area contributed by atoms with Gasteiger partial charge in [0.2, 0.25) is 0 Å². The van der Waals surface area contributed by atoms with Gasteiger partial charge in [-0.1, -0.05) is 12.1 Å². The lowest BCUT2D eigenvalue weighted by Crippen LogP contribution is -2.53. The molecule has 1 fully saturated rings. The third kappa shape index (κ3) is 3.43. The van der Waals surface area contributed by atoms with Crippen LogP contribution in [0.15, 0.2) is 54.7 Å². The number of carbonyl (C=O) groups is 2. The average molecular weight is 501 g/mol. The zero-order chi connectivity index (χ0) is 25.9. The van der Waals surface area contributed by atoms with E-state index in [1.165, 1.54) is 4.90 Å². The number of aromatic hydroxyl groups is 1. The maximum Gasteiger partial charge on any atom is 0.328 e. The lowest BCUT2D eigenvalue weighted by molar-refractivity contribution is -0.133. The van der Waals surface area contributed by atoms with Crippen molar-refractivity contribution in [3.05, 3.63) is 71.5 Å². The van der Waals surface area contributed by atoms with Crippen LogP contribution >= 0.6 is 0 Å². The van der Waals surface area contributed by atoms with Gasteiger partial charge in [-0.15, -0.1) is 0 Å². The first-order valence-electron chi connectivity index (χ1n) is 12.2. The van der Waals surface area contributed by atoms with Crippen LogP contribution in [0.1, 0.15) is 29.8 Å². The number of methoxy groups -OCH3 is 1. The number of aromatic amines is 1. The van der Waals surface area contributed by atoms with Crippen LogP contribution in [0, 0.1) is 0 Å². The zero-order valence-electron chi connectivity index (χ0n) is 20.9. The summed E-state index contributed by atoms with van der Waals surface area (Å²) in [6, 6.07) is 13.5. The first kappa shape index (κ1) is 23.0. The number of nitrogens with zero attached hydrogens (tertiary/aromatic N) is 4. The summed E-state index contributed by atoms with van der Waals surface area (Å²) < 4.78 is 7.16. The number of amides is 3. The number of hydrogen-bond donors (Lipinski definition) is 3. The van der Waals surface area contributed by atoms with E-state index in [1.807, 2.05) is 44.3 Å². The van der Waals surface area contributed by atoms with Crippen molar-refractivity contribution in [1.82, 2.24) is 24.6 Å². The molecule has 0 spiro atoms. The summed E-state index contributed by atoms with van der Waals surface area (Å²) in [5.41, 5.74) is 2.34. The van der Waals surface area contributed by atoms with E-state index in [0.29, 0.717) is 18.7 Å². The molecule has 190 valence electrons. The number of urea groups is 1. The molecule has 2 aliphatic rings. The van der Waals surface area contributed by atoms with E-state index in [0.717, 1.165) is 33.5 Å². The summed E-state index contributed by atoms with van der Waals surface area (Å²) in [6.07, 6.45) is 2.05. The maximum absolute atomic E-state index is 13.9. The fraction of sp³-hybridized carbons (Fsp3) is 0.296. The number of fused-ring (bicyclic) bond motifs is 4. The Balaban J connectivity index is 1.43. The summed E-state index contributed by atoms with van der Waals surface area (Å²) >= 11 is 0. The monoisotopic (exact) mass is 500 g/mol. The van der Waals surface area contributed by atoms with Gasteiger partial charge in [-0.05, 0) is 48.4 Å². The van der Waals surface area contributed by atoms with E-state index < -0.39 is 11.6 Å². The number of rotatable bonds is 6. The zero-order valence-corrected chi connectivity index (χ0v) is 20.9. The second kappa shape index (κ2) is 8.29. The Morgan fingerprint density at radius 3 is 2.78 bits per heavy atom. The van der Waals surface area contributed by atoms with E-state index >= 15 is 0 Å². The molecule has 0 aliphatic carbocycles. The standard InChI is InChI=1S/C27H28N6O4/c1-27-15-20-19-14-18(37-3)7-8-21(19)30-23(20)24(16-5-4-6-17(34)13-16)33(27)26(36)32(25(27)35)12-11-28-22-9-10-29-31(22)2/h4-10,13-14,24,28,30,34H,11-12,15H2,1-3H3/t24-,27+/m1/s1. The van der Waals surface area contributed by atoms with Crippen molar-refractivity contribution in [2.24, 2.45) is 7.05 Å². The summed E-state index contributed by atoms with van der Waals surface area (Å²) in [4.78, 5) is 34.3. The Labute approximate surface area is 213 Å². The van der Waals surface area contributed by atoms with Gasteiger partial charge in [0.15, 0.2) is 0 Å². The van der Waals surface area contributed by atoms with Gasteiger partial charge in [0.05, 0.1) is 13.3 Å². The van der Waals surface area contributed by atoms with Crippen molar-refractivity contribution < 1.29 is 19.4 Å². The summed E-state index contributed by atoms with van der Waals surface area (Å²) in [5, 5.41) is 18.6. The second-order valence-electron chi connectivity index (χ2n) is 9.75. The van der Waals surface area contributed by atoms with Crippen LogP contribution in [-0.4, -0.2) is 67.3 Å². The van der Waals surface area contributed by atoms with E-state index in [4.69, 9.17) is 4.74 Å². The molecular formula is C27H28N6O4. The normalized spacial score (nSPS) is 20.9. The topological polar surface area (TPSA) is 116 Å². The number of anilines is 1. The van der Waals surface area contributed by atoms with Gasteiger partial charge in [0.1, 0.15) is 28.9 Å². The van der Waals surface area contributed by atoms with Crippen LogP contribution < -0.4 is 10.1 Å². The number of nitrogens with one attached hydrogen (secondary N) is 2. The Morgan fingerprint density at radius 1 is 1.22 bits per heavy atom. The molecule has 0 saturated carbocycles. The molecule has 2 aromatic heterocycles. The summed E-state index contributed by atoms with van der Waals surface area (Å²) in [6.45, 7) is 2.44. The van der Waals surface area contributed by atoms with Gasteiger partial charge < -0.3 is 20.1 Å². The molecule has 2 atom stereocenters. The summed E-state index contributed by atoms with van der Waals surface area (Å²) in [5.74, 6) is 1.38. The number of aryl methyl sites for hydroxylation is 1. The van der Waals surface area contributed by atoms with E-state index in [9.17, 15) is 14.7 Å². The van der Waals surface area contributed by atoms with Gasteiger partial charge >= 0.3 is 6.03 Å². The number of H-pyrrole nitrogens is 1. The molecule has 6 rings (SSSR count). The van der Waals surface area contributed by atoms with Crippen molar-refractivity contribution in [3.8, 4) is 11.5 Å². The number of hydrogen-bond acceptors (Lipinski definition) is 6. The van der Waals surface area contributed by atoms with Crippen LogP contribution in [-0.2, 0) is 18.3 Å². The van der Waals surface area contributed by atoms with Crippen molar-refractivity contribution in [2.45, 2.75) is 24.9 Å². The number of phenolic OH excluding ortho intramolecular Hbond substituents is 1. The highest BCUT2D eigenvalue weighted by molar-refractivity contribution is 6.08. The fourth-order valence-corrected chi connectivity index (χ4v) is 5.70. The molecular weight excluding hydrogens is 472 g/mol. The molecule has 4 heterocycles. The predicted molar refractivity (Wildman–Crippen MR) is 138 cm³/mol. The Hall–Kier alpha value is -4.47. The van der Waals surface area contributed by atoms with E-state index in [1.54, 1.807) is 41.1 Å². The SMILES string of the molecule is COc1ccc2[nH]c3c(c2c1)C[C@@]1(C)C(=O)N(CCNc2ccnn2C)C(=O)N1[C@@H]3c1cccc(O)c1. The van der Waals surface area contributed by atoms with Crippen molar-refractivity contribution in [3.63, 3.8) is 0 Å². The van der Waals surface area contributed by atoms with Crippen LogP contribution in [0.3, 0.4) is 0 Å². The minimum Gasteiger partial charge on any atom is -0.508 e. The number of ether oxygens (including phenoxy) is 1. The van der Waals surface area contributed by atoms with Crippen LogP contribution in [0.2, 0.25) is 0 Å². The Kier molecular flexibility index (Phi) is 5.15. The van der Waals surface area contributed by atoms with E-state index in [2.05, 4.69) is 15.4 Å². The van der Waals surface area contributed by atoms with Crippen molar-refractivity contribution in [1.29, 1.82) is 0 Å². The molecule has 3 amide bonds. The first-order chi connectivity index (χ1) is 17.8. The maximum atomic E-state index is 13.9. The fourth-order valence-electron chi connectivity index (χ4n) is 5.70. The van der Waals surface area contributed by atoms with Crippen molar-refractivity contribution in [2.75, 3.05) is 25.5 Å². The van der Waals surface area contributed by atoms with Crippen LogP contribution in [0.4, 0.5) is 10.6 Å². The van der Waals surface area contributed by atoms with Gasteiger partial charge in [-0.25, -0.2) is 4.79 Å². The molecule has 10 nitrogen and oxygen atoms in total. The molecule has 0 radical (unpaired) electrons. The molecule has 1 saturated heterocycles. The van der Waals surface area contributed by atoms with Crippen LogP contribution in [0.25, 0.3) is 10.9 Å². The molecule has 2 aromatic carbocycles.